The molecule has 0 spiro atoms. The van der Waals surface area contributed by atoms with Gasteiger partial charge in [0.05, 0.1) is 17.3 Å². The highest BCUT2D eigenvalue weighted by Crippen LogP contribution is 2.36. The molecule has 2 aromatic carbocycles. The minimum Gasteiger partial charge on any atom is -0.482 e. The van der Waals surface area contributed by atoms with Crippen LogP contribution in [-0.2, 0) is 32.6 Å². The molecule has 0 fully saturated rings. The highest BCUT2D eigenvalue weighted by molar-refractivity contribution is 7.89. The Kier molecular flexibility index (Phi) is 5.44. The first-order chi connectivity index (χ1) is 14.3. The molecule has 0 aliphatic carbocycles. The molecule has 0 bridgehead atoms. The van der Waals surface area contributed by atoms with Crippen LogP contribution in [0.15, 0.2) is 41.3 Å². The van der Waals surface area contributed by atoms with Crippen molar-refractivity contribution in [2.45, 2.75) is 17.9 Å². The zero-order chi connectivity index (χ0) is 21.5. The molecule has 10 heteroatoms. The lowest BCUT2D eigenvalue weighted by atomic mass is 10.00. The number of halogens is 1. The molecule has 2 aromatic rings. The standard InChI is InChI=1S/C20H20ClN3O5S/c1-23(11-20(26)24-7-6-13-4-2-3-5-14(13)10-24)30(27,28)18-9-17-16(8-15(18)21)22-19(25)12-29-17/h2-5,8-9H,6-7,10-12H2,1H3,(H,22,25). The Morgan fingerprint density at radius 2 is 2.00 bits per heavy atom. The molecule has 1 N–H and O–H groups in total. The summed E-state index contributed by atoms with van der Waals surface area (Å²) in [7, 11) is -2.71. The summed E-state index contributed by atoms with van der Waals surface area (Å²) in [5, 5.41) is 2.51. The number of hydrogen-bond acceptors (Lipinski definition) is 5. The predicted molar refractivity (Wildman–Crippen MR) is 111 cm³/mol. The van der Waals surface area contributed by atoms with Crippen LogP contribution in [0, 0.1) is 0 Å². The second-order valence-electron chi connectivity index (χ2n) is 7.21. The molecular weight excluding hydrogens is 430 g/mol. The van der Waals surface area contributed by atoms with Crippen molar-refractivity contribution in [3.05, 3.63) is 52.5 Å². The summed E-state index contributed by atoms with van der Waals surface area (Å²) in [6, 6.07) is 10.5. The largest absolute Gasteiger partial charge is 0.482 e. The van der Waals surface area contributed by atoms with E-state index >= 15 is 0 Å². The molecule has 30 heavy (non-hydrogen) atoms. The van der Waals surface area contributed by atoms with E-state index in [1.165, 1.54) is 24.7 Å². The first-order valence-electron chi connectivity index (χ1n) is 9.33. The van der Waals surface area contributed by atoms with Gasteiger partial charge in [-0.2, -0.15) is 4.31 Å². The minimum atomic E-state index is -4.05. The van der Waals surface area contributed by atoms with E-state index in [1.807, 2.05) is 24.3 Å². The molecule has 0 saturated heterocycles. The highest BCUT2D eigenvalue weighted by Gasteiger charge is 2.30. The third-order valence-corrected chi connectivity index (χ3v) is 7.46. The molecule has 0 radical (unpaired) electrons. The molecule has 0 saturated carbocycles. The monoisotopic (exact) mass is 449 g/mol. The normalized spacial score (nSPS) is 15.8. The molecule has 2 heterocycles. The van der Waals surface area contributed by atoms with Crippen LogP contribution in [0.3, 0.4) is 0 Å². The zero-order valence-electron chi connectivity index (χ0n) is 16.2. The average molecular weight is 450 g/mol. The second-order valence-corrected chi connectivity index (χ2v) is 9.63. The summed E-state index contributed by atoms with van der Waals surface area (Å²) in [5.74, 6) is -0.418. The summed E-state index contributed by atoms with van der Waals surface area (Å²) < 4.78 is 32.4. The number of carbonyl (C=O) groups excluding carboxylic acids is 2. The fourth-order valence-corrected chi connectivity index (χ4v) is 5.16. The van der Waals surface area contributed by atoms with E-state index in [9.17, 15) is 18.0 Å². The topological polar surface area (TPSA) is 96.0 Å². The highest BCUT2D eigenvalue weighted by atomic mass is 35.5. The van der Waals surface area contributed by atoms with Gasteiger partial charge in [-0.15, -0.1) is 0 Å². The number of nitrogens with zero attached hydrogens (tertiary/aromatic N) is 2. The molecule has 2 aliphatic heterocycles. The number of rotatable bonds is 4. The number of benzene rings is 2. The minimum absolute atomic E-state index is 0.0641. The van der Waals surface area contributed by atoms with Crippen molar-refractivity contribution >= 4 is 39.1 Å². The Morgan fingerprint density at radius 1 is 1.27 bits per heavy atom. The first kappa shape index (κ1) is 20.6. The van der Waals surface area contributed by atoms with Crippen LogP contribution < -0.4 is 10.1 Å². The van der Waals surface area contributed by atoms with Gasteiger partial charge in [0.1, 0.15) is 10.6 Å². The fraction of sp³-hybridized carbons (Fsp3) is 0.300. The van der Waals surface area contributed by atoms with Crippen LogP contribution in [-0.4, -0.2) is 56.2 Å². The van der Waals surface area contributed by atoms with Gasteiger partial charge in [-0.1, -0.05) is 35.9 Å². The van der Waals surface area contributed by atoms with Crippen LogP contribution in [0.4, 0.5) is 5.69 Å². The van der Waals surface area contributed by atoms with Crippen LogP contribution >= 0.6 is 11.6 Å². The van der Waals surface area contributed by atoms with Gasteiger partial charge in [0.15, 0.2) is 6.61 Å². The van der Waals surface area contributed by atoms with Gasteiger partial charge in [-0.25, -0.2) is 8.42 Å². The van der Waals surface area contributed by atoms with Crippen LogP contribution in [0.2, 0.25) is 5.02 Å². The number of hydrogen-bond donors (Lipinski definition) is 1. The van der Waals surface area contributed by atoms with Gasteiger partial charge in [-0.3, -0.25) is 9.59 Å². The van der Waals surface area contributed by atoms with Gasteiger partial charge in [0.25, 0.3) is 5.91 Å². The summed E-state index contributed by atoms with van der Waals surface area (Å²) in [6.45, 7) is 0.474. The van der Waals surface area contributed by atoms with Gasteiger partial charge in [-0.05, 0) is 23.6 Å². The van der Waals surface area contributed by atoms with E-state index in [-0.39, 0.29) is 40.6 Å². The van der Waals surface area contributed by atoms with Crippen LogP contribution in [0.5, 0.6) is 5.75 Å². The predicted octanol–water partition coefficient (Wildman–Crippen LogP) is 1.88. The molecule has 0 unspecified atom stereocenters. The van der Waals surface area contributed by atoms with E-state index in [4.69, 9.17) is 16.3 Å². The Balaban J connectivity index is 1.51. The van der Waals surface area contributed by atoms with E-state index in [0.29, 0.717) is 18.8 Å². The number of sulfonamides is 1. The van der Waals surface area contributed by atoms with Crippen LogP contribution in [0.25, 0.3) is 0 Å². The van der Waals surface area contributed by atoms with Crippen LogP contribution in [0.1, 0.15) is 11.1 Å². The zero-order valence-corrected chi connectivity index (χ0v) is 17.8. The van der Waals surface area contributed by atoms with Crippen molar-refractivity contribution in [3.63, 3.8) is 0 Å². The van der Waals surface area contributed by atoms with Crippen molar-refractivity contribution in [3.8, 4) is 5.75 Å². The Morgan fingerprint density at radius 3 is 2.77 bits per heavy atom. The van der Waals surface area contributed by atoms with Crippen molar-refractivity contribution in [2.75, 3.05) is 32.1 Å². The summed E-state index contributed by atoms with van der Waals surface area (Å²) >= 11 is 6.17. The summed E-state index contributed by atoms with van der Waals surface area (Å²) in [4.78, 5) is 25.7. The third-order valence-electron chi connectivity index (χ3n) is 5.20. The summed E-state index contributed by atoms with van der Waals surface area (Å²) in [5.41, 5.74) is 2.58. The smallest absolute Gasteiger partial charge is 0.262 e. The van der Waals surface area contributed by atoms with Crippen molar-refractivity contribution in [1.29, 1.82) is 0 Å². The van der Waals surface area contributed by atoms with Gasteiger partial charge in [0.2, 0.25) is 15.9 Å². The Bertz CT molecular complexity index is 1140. The molecule has 2 aliphatic rings. The fourth-order valence-electron chi connectivity index (χ4n) is 3.53. The molecule has 0 aromatic heterocycles. The number of anilines is 1. The number of carbonyl (C=O) groups is 2. The maximum absolute atomic E-state index is 13.0. The molecule has 158 valence electrons. The van der Waals surface area contributed by atoms with Gasteiger partial charge in [0, 0.05) is 26.2 Å². The molecular formula is C20H20ClN3O5S. The van der Waals surface area contributed by atoms with E-state index in [0.717, 1.165) is 16.3 Å². The molecule has 4 rings (SSSR count). The maximum atomic E-state index is 13.0. The van der Waals surface area contributed by atoms with Crippen molar-refractivity contribution < 1.29 is 22.7 Å². The molecule has 2 amide bonds. The lowest BCUT2D eigenvalue weighted by Gasteiger charge is -2.30. The van der Waals surface area contributed by atoms with Crippen molar-refractivity contribution in [1.82, 2.24) is 9.21 Å². The number of nitrogens with one attached hydrogen (secondary N) is 1. The number of amides is 2. The Labute approximate surface area is 179 Å². The number of fused-ring (bicyclic) bond motifs is 2. The lowest BCUT2D eigenvalue weighted by Crippen LogP contribution is -2.43. The third kappa shape index (κ3) is 3.88. The van der Waals surface area contributed by atoms with Crippen molar-refractivity contribution in [2.24, 2.45) is 0 Å². The SMILES string of the molecule is CN(CC(=O)N1CCc2ccccc2C1)S(=O)(=O)c1cc2c(cc1Cl)NC(=O)CO2. The van der Waals surface area contributed by atoms with Gasteiger partial charge < -0.3 is 15.0 Å². The van der Waals surface area contributed by atoms with E-state index < -0.39 is 10.0 Å². The lowest BCUT2D eigenvalue weighted by molar-refractivity contribution is -0.132. The van der Waals surface area contributed by atoms with E-state index in [2.05, 4.69) is 5.32 Å². The first-order valence-corrected chi connectivity index (χ1v) is 11.1. The molecule has 0 atom stereocenters. The van der Waals surface area contributed by atoms with E-state index in [1.54, 1.807) is 4.90 Å². The Hall–Kier alpha value is -2.62. The maximum Gasteiger partial charge on any atom is 0.262 e. The summed E-state index contributed by atoms with van der Waals surface area (Å²) in [6.07, 6.45) is 0.734. The van der Waals surface area contributed by atoms with Gasteiger partial charge >= 0.3 is 0 Å². The quantitative estimate of drug-likeness (QED) is 0.768. The average Bonchev–Trinajstić information content (AvgIpc) is 2.72. The number of ether oxygens (including phenoxy) is 1. The molecule has 8 nitrogen and oxygen atoms in total. The number of likely N-dealkylation sites (N-methyl/N-ethyl adjacent to an activating group) is 1. The second kappa shape index (κ2) is 7.90.